The molecule has 2 fully saturated rings. The Morgan fingerprint density at radius 3 is 2.59 bits per heavy atom. The molecule has 0 bridgehead atoms. The lowest BCUT2D eigenvalue weighted by Gasteiger charge is -2.32. The van der Waals surface area contributed by atoms with Crippen molar-refractivity contribution in [2.45, 2.75) is 38.6 Å². The van der Waals surface area contributed by atoms with E-state index in [-0.39, 0.29) is 29.1 Å². The Bertz CT molecular complexity index is 982. The maximum absolute atomic E-state index is 12.8. The molecule has 3 heterocycles. The number of anilines is 1. The monoisotopic (exact) mass is 440 g/mol. The van der Waals surface area contributed by atoms with Crippen molar-refractivity contribution in [3.8, 4) is 0 Å². The van der Waals surface area contributed by atoms with Gasteiger partial charge in [0.05, 0.1) is 11.2 Å². The molecule has 4 rings (SSSR count). The lowest BCUT2D eigenvalue weighted by Crippen LogP contribution is -2.46. The summed E-state index contributed by atoms with van der Waals surface area (Å²) < 4.78 is 5.17. The quantitative estimate of drug-likeness (QED) is 0.563. The topological polar surface area (TPSA) is 109 Å². The lowest BCUT2D eigenvalue weighted by atomic mass is 9.99. The highest BCUT2D eigenvalue weighted by atomic mass is 16.6. The van der Waals surface area contributed by atoms with Gasteiger partial charge in [0.2, 0.25) is 0 Å². The SMILES string of the molecule is CC1CCCN(c2ccc(C(=O)NC3CCN(C(=O)c4ccco4)CC3)cc2[N+](=O)[O-])C1. The largest absolute Gasteiger partial charge is 0.459 e. The van der Waals surface area contributed by atoms with Gasteiger partial charge >= 0.3 is 0 Å². The molecule has 2 aliphatic rings. The van der Waals surface area contributed by atoms with Crippen LogP contribution in [0.2, 0.25) is 0 Å². The van der Waals surface area contributed by atoms with E-state index in [9.17, 15) is 19.7 Å². The molecule has 2 aromatic rings. The Kier molecular flexibility index (Phi) is 6.43. The van der Waals surface area contributed by atoms with Gasteiger partial charge < -0.3 is 19.5 Å². The first-order valence-electron chi connectivity index (χ1n) is 11.1. The normalized spacial score (nSPS) is 19.6. The van der Waals surface area contributed by atoms with Gasteiger partial charge in [-0.15, -0.1) is 0 Å². The minimum absolute atomic E-state index is 0.0365. The molecule has 0 spiro atoms. The van der Waals surface area contributed by atoms with E-state index in [1.807, 2.05) is 4.90 Å². The zero-order valence-corrected chi connectivity index (χ0v) is 18.2. The molecule has 9 nitrogen and oxygen atoms in total. The molecule has 0 radical (unpaired) electrons. The number of rotatable bonds is 5. The minimum Gasteiger partial charge on any atom is -0.459 e. The number of hydrogen-bond acceptors (Lipinski definition) is 6. The summed E-state index contributed by atoms with van der Waals surface area (Å²) in [5, 5.41) is 14.7. The van der Waals surface area contributed by atoms with Crippen LogP contribution in [0.1, 0.15) is 53.5 Å². The number of nitrogens with one attached hydrogen (secondary N) is 1. The van der Waals surface area contributed by atoms with Crippen LogP contribution in [0.3, 0.4) is 0 Å². The van der Waals surface area contributed by atoms with Crippen molar-refractivity contribution in [1.82, 2.24) is 10.2 Å². The number of benzene rings is 1. The number of piperidine rings is 2. The van der Waals surface area contributed by atoms with E-state index in [4.69, 9.17) is 4.42 Å². The highest BCUT2D eigenvalue weighted by Gasteiger charge is 2.28. The molecule has 2 saturated heterocycles. The molecule has 170 valence electrons. The molecule has 1 aromatic carbocycles. The number of nitrogens with zero attached hydrogens (tertiary/aromatic N) is 3. The zero-order valence-electron chi connectivity index (χ0n) is 18.2. The van der Waals surface area contributed by atoms with Crippen molar-refractivity contribution >= 4 is 23.2 Å². The Morgan fingerprint density at radius 2 is 1.94 bits per heavy atom. The van der Waals surface area contributed by atoms with Gasteiger partial charge in [0.1, 0.15) is 5.69 Å². The van der Waals surface area contributed by atoms with E-state index in [0.29, 0.717) is 43.3 Å². The van der Waals surface area contributed by atoms with Crippen molar-refractivity contribution in [3.05, 3.63) is 58.0 Å². The van der Waals surface area contributed by atoms with E-state index >= 15 is 0 Å². The van der Waals surface area contributed by atoms with E-state index in [0.717, 1.165) is 25.9 Å². The van der Waals surface area contributed by atoms with Gasteiger partial charge in [-0.05, 0) is 55.9 Å². The molecule has 1 unspecified atom stereocenters. The Labute approximate surface area is 186 Å². The molecule has 32 heavy (non-hydrogen) atoms. The van der Waals surface area contributed by atoms with Gasteiger partial charge in [-0.2, -0.15) is 0 Å². The molecular formula is C23H28N4O5. The number of amides is 2. The summed E-state index contributed by atoms with van der Waals surface area (Å²) in [6, 6.07) is 7.94. The van der Waals surface area contributed by atoms with Crippen LogP contribution in [0.15, 0.2) is 41.0 Å². The van der Waals surface area contributed by atoms with E-state index in [1.54, 1.807) is 29.2 Å². The number of nitro benzene ring substituents is 1. The van der Waals surface area contributed by atoms with Gasteiger partial charge in [0.25, 0.3) is 17.5 Å². The second-order valence-corrected chi connectivity index (χ2v) is 8.67. The van der Waals surface area contributed by atoms with Crippen molar-refractivity contribution in [2.75, 3.05) is 31.1 Å². The molecule has 2 aliphatic heterocycles. The molecule has 1 N–H and O–H groups in total. The number of carbonyl (C=O) groups excluding carboxylic acids is 2. The van der Waals surface area contributed by atoms with Crippen molar-refractivity contribution in [1.29, 1.82) is 0 Å². The average molecular weight is 441 g/mol. The van der Waals surface area contributed by atoms with Crippen LogP contribution in [-0.4, -0.2) is 53.9 Å². The summed E-state index contributed by atoms with van der Waals surface area (Å²) in [6.07, 6.45) is 4.82. The summed E-state index contributed by atoms with van der Waals surface area (Å²) in [7, 11) is 0. The van der Waals surface area contributed by atoms with Crippen molar-refractivity contribution in [2.24, 2.45) is 5.92 Å². The molecular weight excluding hydrogens is 412 g/mol. The molecule has 0 aliphatic carbocycles. The Hall–Kier alpha value is -3.36. The Morgan fingerprint density at radius 1 is 1.16 bits per heavy atom. The Balaban J connectivity index is 1.39. The van der Waals surface area contributed by atoms with Crippen molar-refractivity contribution in [3.63, 3.8) is 0 Å². The summed E-state index contributed by atoms with van der Waals surface area (Å²) in [5.74, 6) is 0.306. The molecule has 2 amide bonds. The van der Waals surface area contributed by atoms with Crippen LogP contribution in [-0.2, 0) is 0 Å². The number of furan rings is 1. The number of carbonyl (C=O) groups is 2. The standard InChI is InChI=1S/C23H28N4O5/c1-16-4-2-10-26(15-16)19-7-6-17(14-20(19)27(30)31)22(28)24-18-8-11-25(12-9-18)23(29)21-5-3-13-32-21/h3,5-7,13-14,16,18H,2,4,8-12,15H2,1H3,(H,24,28). The fraction of sp³-hybridized carbons (Fsp3) is 0.478. The van der Waals surface area contributed by atoms with Crippen molar-refractivity contribution < 1.29 is 18.9 Å². The first-order valence-corrected chi connectivity index (χ1v) is 11.1. The molecule has 1 aromatic heterocycles. The van der Waals surface area contributed by atoms with E-state index < -0.39 is 4.92 Å². The minimum atomic E-state index is -0.413. The number of likely N-dealkylation sites (tertiary alicyclic amines) is 1. The third kappa shape index (κ3) is 4.76. The molecule has 1 atom stereocenters. The summed E-state index contributed by atoms with van der Waals surface area (Å²) >= 11 is 0. The van der Waals surface area contributed by atoms with E-state index in [1.165, 1.54) is 12.3 Å². The van der Waals surface area contributed by atoms with Crippen LogP contribution in [0.25, 0.3) is 0 Å². The summed E-state index contributed by atoms with van der Waals surface area (Å²) in [4.78, 5) is 40.2. The highest BCUT2D eigenvalue weighted by molar-refractivity contribution is 5.96. The second-order valence-electron chi connectivity index (χ2n) is 8.67. The fourth-order valence-corrected chi connectivity index (χ4v) is 4.54. The zero-order chi connectivity index (χ0) is 22.7. The third-order valence-corrected chi connectivity index (χ3v) is 6.28. The third-order valence-electron chi connectivity index (χ3n) is 6.28. The first kappa shape index (κ1) is 21.9. The summed E-state index contributed by atoms with van der Waals surface area (Å²) in [5.41, 5.74) is 0.813. The molecule has 0 saturated carbocycles. The van der Waals surface area contributed by atoms with Crippen LogP contribution in [0.5, 0.6) is 0 Å². The average Bonchev–Trinajstić information content (AvgIpc) is 3.33. The molecule has 9 heteroatoms. The fourth-order valence-electron chi connectivity index (χ4n) is 4.54. The maximum atomic E-state index is 12.8. The predicted octanol–water partition coefficient (Wildman–Crippen LogP) is 3.46. The first-order chi connectivity index (χ1) is 15.4. The van der Waals surface area contributed by atoms with Crippen LogP contribution >= 0.6 is 0 Å². The van der Waals surface area contributed by atoms with Crippen LogP contribution < -0.4 is 10.2 Å². The summed E-state index contributed by atoms with van der Waals surface area (Å²) in [6.45, 7) is 4.73. The van der Waals surface area contributed by atoms with Gasteiger partial charge in [0.15, 0.2) is 5.76 Å². The predicted molar refractivity (Wildman–Crippen MR) is 119 cm³/mol. The number of hydrogen-bond donors (Lipinski definition) is 1. The van der Waals surface area contributed by atoms with Gasteiger partial charge in [-0.3, -0.25) is 19.7 Å². The van der Waals surface area contributed by atoms with E-state index in [2.05, 4.69) is 12.2 Å². The maximum Gasteiger partial charge on any atom is 0.293 e. The van der Waals surface area contributed by atoms with Crippen LogP contribution in [0, 0.1) is 16.0 Å². The lowest BCUT2D eigenvalue weighted by molar-refractivity contribution is -0.384. The van der Waals surface area contributed by atoms with Crippen LogP contribution in [0.4, 0.5) is 11.4 Å². The smallest absolute Gasteiger partial charge is 0.293 e. The van der Waals surface area contributed by atoms with Gasteiger partial charge in [-0.25, -0.2) is 0 Å². The highest BCUT2D eigenvalue weighted by Crippen LogP contribution is 2.32. The second kappa shape index (κ2) is 9.42. The number of nitro groups is 1. The van der Waals surface area contributed by atoms with Gasteiger partial charge in [0, 0.05) is 43.9 Å². The van der Waals surface area contributed by atoms with Gasteiger partial charge in [-0.1, -0.05) is 6.92 Å².